The number of amides is 1. The fourth-order valence-electron chi connectivity index (χ4n) is 3.48. The molecule has 1 atom stereocenters. The normalized spacial score (nSPS) is 12.3. The molecule has 0 aliphatic heterocycles. The Morgan fingerprint density at radius 2 is 1.45 bits per heavy atom. The first kappa shape index (κ1) is 22.6. The van der Waals surface area contributed by atoms with E-state index < -0.39 is 10.0 Å². The second-order valence-corrected chi connectivity index (χ2v) is 9.62. The van der Waals surface area contributed by atoms with Crippen LogP contribution in [0.4, 0.5) is 5.69 Å². The van der Waals surface area contributed by atoms with Crippen LogP contribution in [0.25, 0.3) is 0 Å². The van der Waals surface area contributed by atoms with E-state index in [1.54, 1.807) is 43.3 Å². The smallest absolute Gasteiger partial charge is 0.261 e. The quantitative estimate of drug-likeness (QED) is 0.557. The predicted molar refractivity (Wildman–Crippen MR) is 125 cm³/mol. The number of sulfonamides is 1. The van der Waals surface area contributed by atoms with E-state index in [1.807, 2.05) is 13.8 Å². The minimum atomic E-state index is -3.74. The van der Waals surface area contributed by atoms with Gasteiger partial charge in [-0.2, -0.15) is 0 Å². The van der Waals surface area contributed by atoms with Crippen LogP contribution in [0.3, 0.4) is 0 Å². The van der Waals surface area contributed by atoms with Crippen LogP contribution in [0.15, 0.2) is 65.6 Å². The molecule has 2 N–H and O–H groups in total. The molecule has 0 unspecified atom stereocenters. The molecular formula is C25H28N2O3S. The standard InChI is InChI=1S/C25H28N2O3S/c1-16-11-12-21(15-24(16)27-31(29,30)22-9-7-6-8-10-22)25(28)26-20(5)23-14-18(3)17(2)13-19(23)4/h6-15,20,27H,1-5H3,(H,26,28)/t20-/m1/s1. The summed E-state index contributed by atoms with van der Waals surface area (Å²) in [5, 5.41) is 3.03. The zero-order chi connectivity index (χ0) is 22.8. The molecule has 31 heavy (non-hydrogen) atoms. The summed E-state index contributed by atoms with van der Waals surface area (Å²) in [5.41, 5.74) is 6.08. The average molecular weight is 437 g/mol. The summed E-state index contributed by atoms with van der Waals surface area (Å²) in [4.78, 5) is 13.1. The minimum absolute atomic E-state index is 0.170. The number of hydrogen-bond donors (Lipinski definition) is 2. The molecule has 162 valence electrons. The topological polar surface area (TPSA) is 75.3 Å². The molecule has 0 heterocycles. The van der Waals surface area contributed by atoms with Crippen LogP contribution in [0.2, 0.25) is 0 Å². The van der Waals surface area contributed by atoms with Gasteiger partial charge < -0.3 is 5.32 Å². The Hall–Kier alpha value is -3.12. The number of carbonyl (C=O) groups excluding carboxylic acids is 1. The molecule has 1 amide bonds. The lowest BCUT2D eigenvalue weighted by atomic mass is 9.96. The summed E-state index contributed by atoms with van der Waals surface area (Å²) >= 11 is 0. The molecule has 3 aromatic carbocycles. The van der Waals surface area contributed by atoms with Crippen LogP contribution in [0.5, 0.6) is 0 Å². The molecule has 0 saturated carbocycles. The first-order valence-corrected chi connectivity index (χ1v) is 11.6. The van der Waals surface area contributed by atoms with Gasteiger partial charge in [-0.3, -0.25) is 9.52 Å². The third-order valence-corrected chi connectivity index (χ3v) is 6.88. The average Bonchev–Trinajstić information content (AvgIpc) is 2.72. The van der Waals surface area contributed by atoms with Gasteiger partial charge in [-0.15, -0.1) is 0 Å². The Morgan fingerprint density at radius 1 is 0.806 bits per heavy atom. The lowest BCUT2D eigenvalue weighted by Gasteiger charge is -2.19. The molecule has 0 aromatic heterocycles. The first-order valence-electron chi connectivity index (χ1n) is 10.2. The van der Waals surface area contributed by atoms with Crippen molar-refractivity contribution in [2.75, 3.05) is 4.72 Å². The maximum Gasteiger partial charge on any atom is 0.261 e. The Labute approximate surface area is 184 Å². The summed E-state index contributed by atoms with van der Waals surface area (Å²) in [6.45, 7) is 9.90. The van der Waals surface area contributed by atoms with E-state index in [0.717, 1.165) is 16.7 Å². The number of anilines is 1. The number of aryl methyl sites for hydroxylation is 4. The molecule has 3 aromatic rings. The third kappa shape index (κ3) is 5.14. The Kier molecular flexibility index (Phi) is 6.51. The SMILES string of the molecule is Cc1cc(C)c([C@@H](C)NC(=O)c2ccc(C)c(NS(=O)(=O)c3ccccc3)c2)cc1C. The van der Waals surface area contributed by atoms with Gasteiger partial charge in [0.25, 0.3) is 15.9 Å². The van der Waals surface area contributed by atoms with E-state index >= 15 is 0 Å². The van der Waals surface area contributed by atoms with Crippen LogP contribution in [0, 0.1) is 27.7 Å². The highest BCUT2D eigenvalue weighted by Crippen LogP contribution is 2.24. The molecular weight excluding hydrogens is 408 g/mol. The molecule has 0 bridgehead atoms. The van der Waals surface area contributed by atoms with Gasteiger partial charge in [0.1, 0.15) is 0 Å². The molecule has 0 fully saturated rings. The summed E-state index contributed by atoms with van der Waals surface area (Å²) in [6.07, 6.45) is 0. The minimum Gasteiger partial charge on any atom is -0.346 e. The summed E-state index contributed by atoms with van der Waals surface area (Å²) in [7, 11) is -3.74. The fourth-order valence-corrected chi connectivity index (χ4v) is 4.63. The molecule has 3 rings (SSSR count). The molecule has 0 aliphatic rings. The zero-order valence-corrected chi connectivity index (χ0v) is 19.3. The maximum absolute atomic E-state index is 12.9. The first-order chi connectivity index (χ1) is 14.6. The van der Waals surface area contributed by atoms with Gasteiger partial charge in [-0.1, -0.05) is 36.4 Å². The second kappa shape index (κ2) is 8.94. The molecule has 0 saturated heterocycles. The number of hydrogen-bond acceptors (Lipinski definition) is 3. The van der Waals surface area contributed by atoms with Crippen LogP contribution in [-0.2, 0) is 10.0 Å². The lowest BCUT2D eigenvalue weighted by molar-refractivity contribution is 0.0940. The van der Waals surface area contributed by atoms with Gasteiger partial charge in [-0.25, -0.2) is 8.42 Å². The van der Waals surface area contributed by atoms with Gasteiger partial charge in [-0.05, 0) is 86.7 Å². The van der Waals surface area contributed by atoms with Gasteiger partial charge in [0.2, 0.25) is 0 Å². The highest BCUT2D eigenvalue weighted by molar-refractivity contribution is 7.92. The van der Waals surface area contributed by atoms with Crippen molar-refractivity contribution in [1.29, 1.82) is 0 Å². The number of carbonyl (C=O) groups is 1. The van der Waals surface area contributed by atoms with E-state index in [9.17, 15) is 13.2 Å². The van der Waals surface area contributed by atoms with Crippen molar-refractivity contribution >= 4 is 21.6 Å². The second-order valence-electron chi connectivity index (χ2n) is 7.94. The maximum atomic E-state index is 12.9. The Morgan fingerprint density at radius 3 is 2.13 bits per heavy atom. The summed E-state index contributed by atoms with van der Waals surface area (Å²) in [6, 6.07) is 17.2. The number of rotatable bonds is 6. The summed E-state index contributed by atoms with van der Waals surface area (Å²) < 4.78 is 28.0. The van der Waals surface area contributed by atoms with Crippen LogP contribution in [-0.4, -0.2) is 14.3 Å². The van der Waals surface area contributed by atoms with Gasteiger partial charge >= 0.3 is 0 Å². The monoisotopic (exact) mass is 436 g/mol. The Bertz CT molecular complexity index is 1220. The highest BCUT2D eigenvalue weighted by Gasteiger charge is 2.18. The van der Waals surface area contributed by atoms with Crippen molar-refractivity contribution in [3.8, 4) is 0 Å². The van der Waals surface area contributed by atoms with E-state index in [-0.39, 0.29) is 16.8 Å². The highest BCUT2D eigenvalue weighted by atomic mass is 32.2. The lowest BCUT2D eigenvalue weighted by Crippen LogP contribution is -2.27. The van der Waals surface area contributed by atoms with E-state index in [1.165, 1.54) is 23.3 Å². The van der Waals surface area contributed by atoms with Crippen LogP contribution < -0.4 is 10.0 Å². The third-order valence-electron chi connectivity index (χ3n) is 5.49. The van der Waals surface area contributed by atoms with Crippen molar-refractivity contribution in [2.45, 2.75) is 45.6 Å². The molecule has 6 heteroatoms. The Balaban J connectivity index is 1.82. The number of nitrogens with one attached hydrogen (secondary N) is 2. The van der Waals surface area contributed by atoms with Crippen molar-refractivity contribution < 1.29 is 13.2 Å². The predicted octanol–water partition coefficient (Wildman–Crippen LogP) is 5.21. The van der Waals surface area contributed by atoms with Gasteiger partial charge in [0.15, 0.2) is 0 Å². The van der Waals surface area contributed by atoms with Crippen molar-refractivity contribution in [3.05, 3.63) is 94.0 Å². The van der Waals surface area contributed by atoms with Crippen molar-refractivity contribution in [1.82, 2.24) is 5.32 Å². The summed E-state index contributed by atoms with van der Waals surface area (Å²) in [5.74, 6) is -0.259. The largest absolute Gasteiger partial charge is 0.346 e. The molecule has 0 aliphatic carbocycles. The van der Waals surface area contributed by atoms with Crippen molar-refractivity contribution in [3.63, 3.8) is 0 Å². The van der Waals surface area contributed by atoms with Crippen LogP contribution in [0.1, 0.15) is 51.1 Å². The van der Waals surface area contributed by atoms with Crippen molar-refractivity contribution in [2.24, 2.45) is 0 Å². The van der Waals surface area contributed by atoms with Gasteiger partial charge in [0, 0.05) is 5.56 Å². The van der Waals surface area contributed by atoms with Gasteiger partial charge in [0.05, 0.1) is 16.6 Å². The van der Waals surface area contributed by atoms with E-state index in [2.05, 4.69) is 36.0 Å². The van der Waals surface area contributed by atoms with E-state index in [4.69, 9.17) is 0 Å². The molecule has 0 spiro atoms. The molecule has 0 radical (unpaired) electrons. The fraction of sp³-hybridized carbons (Fsp3) is 0.240. The zero-order valence-electron chi connectivity index (χ0n) is 18.5. The molecule has 5 nitrogen and oxygen atoms in total. The van der Waals surface area contributed by atoms with E-state index in [0.29, 0.717) is 11.3 Å². The number of benzene rings is 3. The van der Waals surface area contributed by atoms with Crippen LogP contribution >= 0.6 is 0 Å².